The van der Waals surface area contributed by atoms with Crippen molar-refractivity contribution in [3.05, 3.63) is 76.0 Å². The molecule has 8 heteroatoms. The molecule has 1 heterocycles. The van der Waals surface area contributed by atoms with Gasteiger partial charge in [0.25, 0.3) is 0 Å². The van der Waals surface area contributed by atoms with E-state index in [-0.39, 0.29) is 0 Å². The second-order valence-electron chi connectivity index (χ2n) is 5.26. The molecular weight excluding hydrogens is 377 g/mol. The third kappa shape index (κ3) is 4.92. The molecule has 0 atom stereocenters. The number of aromatic nitrogens is 3. The number of hydrogen-bond acceptors (Lipinski definition) is 3. The highest BCUT2D eigenvalue weighted by Crippen LogP contribution is 2.24. The van der Waals surface area contributed by atoms with Gasteiger partial charge in [0.15, 0.2) is 5.11 Å². The van der Waals surface area contributed by atoms with Crippen LogP contribution in [0.4, 0.5) is 5.95 Å². The lowest BCUT2D eigenvalue weighted by atomic mass is 10.2. The molecule has 2 N–H and O–H groups in total. The number of halogens is 2. The summed E-state index contributed by atoms with van der Waals surface area (Å²) in [5.74, 6) is 0.411. The third-order valence-corrected chi connectivity index (χ3v) is 4.39. The van der Waals surface area contributed by atoms with Crippen LogP contribution in [-0.4, -0.2) is 19.9 Å². The van der Waals surface area contributed by atoms with Gasteiger partial charge in [0, 0.05) is 22.2 Å². The van der Waals surface area contributed by atoms with Gasteiger partial charge < -0.3 is 5.32 Å². The Labute approximate surface area is 161 Å². The third-order valence-electron chi connectivity index (χ3n) is 3.44. The molecule has 25 heavy (non-hydrogen) atoms. The summed E-state index contributed by atoms with van der Waals surface area (Å²) >= 11 is 17.6. The molecule has 0 aliphatic carbocycles. The molecule has 2 aromatic carbocycles. The summed E-state index contributed by atoms with van der Waals surface area (Å²) in [6.07, 6.45) is 1.60. The monoisotopic (exact) mass is 391 g/mol. The Morgan fingerprint density at radius 1 is 1.04 bits per heavy atom. The van der Waals surface area contributed by atoms with Crippen molar-refractivity contribution in [2.75, 3.05) is 5.32 Å². The zero-order chi connectivity index (χ0) is 17.6. The van der Waals surface area contributed by atoms with E-state index < -0.39 is 0 Å². The summed E-state index contributed by atoms with van der Waals surface area (Å²) in [5.41, 5.74) is 1.94. The fraction of sp³-hybridized carbons (Fsp3) is 0.118. The molecule has 3 rings (SSSR count). The van der Waals surface area contributed by atoms with Crippen molar-refractivity contribution < 1.29 is 0 Å². The van der Waals surface area contributed by atoms with Crippen molar-refractivity contribution in [1.82, 2.24) is 20.1 Å². The van der Waals surface area contributed by atoms with Gasteiger partial charge in [-0.1, -0.05) is 59.6 Å². The average Bonchev–Trinajstić information content (AvgIpc) is 3.04. The maximum atomic E-state index is 6.18. The fourth-order valence-corrected chi connectivity index (χ4v) is 2.88. The Bertz CT molecular complexity index is 846. The molecule has 0 radical (unpaired) electrons. The molecular formula is C17H15Cl2N5S. The lowest BCUT2D eigenvalue weighted by Gasteiger charge is -2.08. The van der Waals surface area contributed by atoms with Crippen LogP contribution in [0.2, 0.25) is 10.0 Å². The predicted octanol–water partition coefficient (Wildman–Crippen LogP) is 4.12. The van der Waals surface area contributed by atoms with E-state index in [1.54, 1.807) is 29.2 Å². The minimum atomic E-state index is 0.411. The normalized spacial score (nSPS) is 10.5. The molecule has 0 aliphatic rings. The first-order chi connectivity index (χ1) is 12.1. The van der Waals surface area contributed by atoms with Crippen molar-refractivity contribution in [1.29, 1.82) is 0 Å². The van der Waals surface area contributed by atoms with E-state index in [1.165, 1.54) is 0 Å². The summed E-state index contributed by atoms with van der Waals surface area (Å²) < 4.78 is 1.65. The summed E-state index contributed by atoms with van der Waals surface area (Å²) in [6.45, 7) is 1.06. The zero-order valence-electron chi connectivity index (χ0n) is 13.1. The van der Waals surface area contributed by atoms with Crippen molar-refractivity contribution >= 4 is 46.5 Å². The standard InChI is InChI=1S/C17H15Cl2N5S/c18-14-7-4-8-15(19)13(14)10-24-11-21-16(23-24)22-17(25)20-9-12-5-2-1-3-6-12/h1-8,11H,9-10H2,(H2,20,22,23,25). The van der Waals surface area contributed by atoms with Gasteiger partial charge in [0.1, 0.15) is 6.33 Å². The Morgan fingerprint density at radius 2 is 1.76 bits per heavy atom. The first kappa shape index (κ1) is 17.7. The first-order valence-electron chi connectivity index (χ1n) is 7.53. The molecule has 5 nitrogen and oxygen atoms in total. The van der Waals surface area contributed by atoms with Crippen LogP contribution in [0, 0.1) is 0 Å². The molecule has 0 saturated carbocycles. The molecule has 0 spiro atoms. The number of hydrogen-bond donors (Lipinski definition) is 2. The van der Waals surface area contributed by atoms with Gasteiger partial charge in [0.2, 0.25) is 5.95 Å². The van der Waals surface area contributed by atoms with Crippen LogP contribution in [0.25, 0.3) is 0 Å². The van der Waals surface area contributed by atoms with Gasteiger partial charge in [-0.05, 0) is 29.9 Å². The van der Waals surface area contributed by atoms with Crippen LogP contribution in [-0.2, 0) is 13.1 Å². The van der Waals surface area contributed by atoms with Crippen LogP contribution in [0.1, 0.15) is 11.1 Å². The summed E-state index contributed by atoms with van der Waals surface area (Å²) in [5, 5.41) is 12.1. The summed E-state index contributed by atoms with van der Waals surface area (Å²) in [4.78, 5) is 4.19. The number of rotatable bonds is 5. The Hall–Kier alpha value is -2.15. The Morgan fingerprint density at radius 3 is 2.48 bits per heavy atom. The van der Waals surface area contributed by atoms with E-state index in [1.807, 2.05) is 30.3 Å². The largest absolute Gasteiger partial charge is 0.358 e. The van der Waals surface area contributed by atoms with Crippen molar-refractivity contribution in [3.8, 4) is 0 Å². The number of nitrogens with zero attached hydrogens (tertiary/aromatic N) is 3. The smallest absolute Gasteiger partial charge is 0.248 e. The molecule has 128 valence electrons. The molecule has 3 aromatic rings. The molecule has 0 saturated heterocycles. The van der Waals surface area contributed by atoms with Gasteiger partial charge in [-0.3, -0.25) is 5.32 Å². The highest BCUT2D eigenvalue weighted by Gasteiger charge is 2.09. The maximum absolute atomic E-state index is 6.18. The van der Waals surface area contributed by atoms with Crippen molar-refractivity contribution in [2.45, 2.75) is 13.1 Å². The minimum absolute atomic E-state index is 0.411. The van der Waals surface area contributed by atoms with E-state index in [2.05, 4.69) is 20.7 Å². The van der Waals surface area contributed by atoms with Crippen molar-refractivity contribution in [2.24, 2.45) is 0 Å². The molecule has 0 fully saturated rings. The van der Waals surface area contributed by atoms with Crippen LogP contribution in [0.15, 0.2) is 54.9 Å². The van der Waals surface area contributed by atoms with E-state index in [0.717, 1.165) is 11.1 Å². The Balaban J connectivity index is 1.57. The van der Waals surface area contributed by atoms with Crippen molar-refractivity contribution in [3.63, 3.8) is 0 Å². The van der Waals surface area contributed by atoms with Crippen LogP contribution in [0.5, 0.6) is 0 Å². The molecule has 0 unspecified atom stereocenters. The predicted molar refractivity (Wildman–Crippen MR) is 105 cm³/mol. The lowest BCUT2D eigenvalue weighted by molar-refractivity contribution is 0.687. The highest BCUT2D eigenvalue weighted by atomic mass is 35.5. The highest BCUT2D eigenvalue weighted by molar-refractivity contribution is 7.80. The van der Waals surface area contributed by atoms with E-state index >= 15 is 0 Å². The zero-order valence-corrected chi connectivity index (χ0v) is 15.4. The summed E-state index contributed by atoms with van der Waals surface area (Å²) in [6, 6.07) is 15.4. The quantitative estimate of drug-likeness (QED) is 0.640. The lowest BCUT2D eigenvalue weighted by Crippen LogP contribution is -2.28. The Kier molecular flexibility index (Phi) is 5.86. The maximum Gasteiger partial charge on any atom is 0.248 e. The number of anilines is 1. The first-order valence-corrected chi connectivity index (χ1v) is 8.69. The minimum Gasteiger partial charge on any atom is -0.358 e. The van der Waals surface area contributed by atoms with Crippen LogP contribution < -0.4 is 10.6 Å². The number of nitrogens with one attached hydrogen (secondary N) is 2. The topological polar surface area (TPSA) is 54.8 Å². The molecule has 1 aromatic heterocycles. The average molecular weight is 392 g/mol. The van der Waals surface area contributed by atoms with Gasteiger partial charge in [-0.2, -0.15) is 0 Å². The SMILES string of the molecule is S=C(NCc1ccccc1)Nc1ncn(Cc2c(Cl)cccc2Cl)n1. The van der Waals surface area contributed by atoms with Gasteiger partial charge in [-0.25, -0.2) is 9.67 Å². The van der Waals surface area contributed by atoms with Crippen LogP contribution >= 0.6 is 35.4 Å². The van der Waals surface area contributed by atoms with Gasteiger partial charge in [-0.15, -0.1) is 5.10 Å². The van der Waals surface area contributed by atoms with E-state index in [9.17, 15) is 0 Å². The second kappa shape index (κ2) is 8.29. The van der Waals surface area contributed by atoms with Crippen LogP contribution in [0.3, 0.4) is 0 Å². The van der Waals surface area contributed by atoms with Gasteiger partial charge in [0.05, 0.1) is 6.54 Å². The van der Waals surface area contributed by atoms with E-state index in [0.29, 0.717) is 34.2 Å². The number of benzene rings is 2. The molecule has 0 bridgehead atoms. The van der Waals surface area contributed by atoms with E-state index in [4.69, 9.17) is 35.4 Å². The second-order valence-corrected chi connectivity index (χ2v) is 6.48. The fourth-order valence-electron chi connectivity index (χ4n) is 2.20. The summed E-state index contributed by atoms with van der Waals surface area (Å²) in [7, 11) is 0. The molecule has 0 aliphatic heterocycles. The molecule has 0 amide bonds. The van der Waals surface area contributed by atoms with Gasteiger partial charge >= 0.3 is 0 Å². The number of thiocarbonyl (C=S) groups is 1.